The van der Waals surface area contributed by atoms with Crippen molar-refractivity contribution in [2.75, 3.05) is 19.1 Å². The zero-order valence-corrected chi connectivity index (χ0v) is 12.1. The third-order valence-electron chi connectivity index (χ3n) is 3.22. The van der Waals surface area contributed by atoms with Crippen molar-refractivity contribution in [3.8, 4) is 5.75 Å². The van der Waals surface area contributed by atoms with E-state index in [0.29, 0.717) is 17.9 Å². The predicted molar refractivity (Wildman–Crippen MR) is 82.5 cm³/mol. The Bertz CT molecular complexity index is 658. The second-order valence-corrected chi connectivity index (χ2v) is 4.78. The number of nitrogens with two attached hydrogens (primary N) is 1. The highest BCUT2D eigenvalue weighted by Gasteiger charge is 2.09. The first-order valence-electron chi connectivity index (χ1n) is 6.49. The Morgan fingerprint density at radius 1 is 1.29 bits per heavy atom. The molecule has 0 unspecified atom stereocenters. The summed E-state index contributed by atoms with van der Waals surface area (Å²) < 4.78 is 18.4. The number of hydrogen-bond donors (Lipinski definition) is 2. The summed E-state index contributed by atoms with van der Waals surface area (Å²) in [6, 6.07) is 11.9. The minimum Gasteiger partial charge on any atom is -0.496 e. The number of hydrogen-bond acceptors (Lipinski definition) is 3. The molecule has 21 heavy (non-hydrogen) atoms. The Morgan fingerprint density at radius 2 is 2.05 bits per heavy atom. The third kappa shape index (κ3) is 3.51. The maximum absolute atomic E-state index is 13.2. The van der Waals surface area contributed by atoms with Gasteiger partial charge in [-0.25, -0.2) is 4.39 Å². The van der Waals surface area contributed by atoms with Gasteiger partial charge in [0.2, 0.25) is 0 Å². The van der Waals surface area contributed by atoms with Crippen molar-refractivity contribution in [2.24, 2.45) is 5.73 Å². The molecule has 110 valence electrons. The van der Waals surface area contributed by atoms with Crippen LogP contribution in [0.15, 0.2) is 42.5 Å². The summed E-state index contributed by atoms with van der Waals surface area (Å²) in [4.78, 5) is 1.93. The van der Waals surface area contributed by atoms with E-state index in [1.807, 2.05) is 30.1 Å². The van der Waals surface area contributed by atoms with Gasteiger partial charge >= 0.3 is 0 Å². The number of nitrogens with one attached hydrogen (secondary N) is 1. The average molecular weight is 287 g/mol. The Kier molecular flexibility index (Phi) is 4.42. The summed E-state index contributed by atoms with van der Waals surface area (Å²) in [6.07, 6.45) is 0. The number of nitrogens with zero attached hydrogens (tertiary/aromatic N) is 1. The number of halogens is 1. The molecule has 0 spiro atoms. The molecule has 2 rings (SSSR count). The van der Waals surface area contributed by atoms with Crippen LogP contribution in [0.2, 0.25) is 0 Å². The molecule has 0 aliphatic heterocycles. The number of anilines is 1. The molecule has 0 saturated heterocycles. The molecule has 0 amide bonds. The number of nitrogen functional groups attached to an aromatic ring is 1. The zero-order valence-electron chi connectivity index (χ0n) is 12.1. The fraction of sp³-hybridized carbons (Fsp3) is 0.188. The van der Waals surface area contributed by atoms with E-state index in [2.05, 4.69) is 0 Å². The number of amidine groups is 1. The van der Waals surface area contributed by atoms with Gasteiger partial charge in [-0.1, -0.05) is 12.1 Å². The monoisotopic (exact) mass is 287 g/mol. The Balaban J connectivity index is 2.23. The number of benzene rings is 2. The normalized spacial score (nSPS) is 10.2. The molecule has 0 atom stereocenters. The second-order valence-electron chi connectivity index (χ2n) is 4.78. The lowest BCUT2D eigenvalue weighted by Gasteiger charge is -2.20. The van der Waals surface area contributed by atoms with Crippen LogP contribution in [0.4, 0.5) is 10.1 Å². The molecule has 0 aliphatic rings. The lowest BCUT2D eigenvalue weighted by molar-refractivity contribution is 0.413. The molecule has 0 radical (unpaired) electrons. The molecule has 2 aromatic carbocycles. The molecular weight excluding hydrogens is 269 g/mol. The van der Waals surface area contributed by atoms with Gasteiger partial charge in [-0.2, -0.15) is 0 Å². The van der Waals surface area contributed by atoms with Gasteiger partial charge in [0.05, 0.1) is 12.7 Å². The number of ether oxygens (including phenoxy) is 1. The van der Waals surface area contributed by atoms with E-state index >= 15 is 0 Å². The Morgan fingerprint density at radius 3 is 2.67 bits per heavy atom. The summed E-state index contributed by atoms with van der Waals surface area (Å²) in [6.45, 7) is 0.577. The first-order chi connectivity index (χ1) is 10.0. The van der Waals surface area contributed by atoms with Crippen LogP contribution in [0.3, 0.4) is 0 Å². The molecule has 4 nitrogen and oxygen atoms in total. The van der Waals surface area contributed by atoms with E-state index in [0.717, 1.165) is 11.3 Å². The van der Waals surface area contributed by atoms with Crippen molar-refractivity contribution in [3.05, 3.63) is 59.4 Å². The van der Waals surface area contributed by atoms with Crippen LogP contribution in [0.5, 0.6) is 5.75 Å². The molecule has 0 aliphatic carbocycles. The van der Waals surface area contributed by atoms with E-state index in [1.54, 1.807) is 19.2 Å². The van der Waals surface area contributed by atoms with Crippen LogP contribution in [-0.4, -0.2) is 20.0 Å². The molecule has 0 heterocycles. The van der Waals surface area contributed by atoms with Crippen molar-refractivity contribution in [1.82, 2.24) is 0 Å². The first-order valence-corrected chi connectivity index (χ1v) is 6.49. The highest BCUT2D eigenvalue weighted by atomic mass is 19.1. The van der Waals surface area contributed by atoms with Crippen molar-refractivity contribution >= 4 is 11.5 Å². The van der Waals surface area contributed by atoms with Crippen LogP contribution in [0.1, 0.15) is 11.1 Å². The van der Waals surface area contributed by atoms with Crippen molar-refractivity contribution < 1.29 is 9.13 Å². The lowest BCUT2D eigenvalue weighted by atomic mass is 10.1. The standard InChI is InChI=1S/C16H18FN3O/c1-20(13-5-3-4-12(17)9-13)10-11-6-7-15(21-2)14(8-11)16(18)19/h3-9H,10H2,1-2H3,(H3,18,19). The highest BCUT2D eigenvalue weighted by Crippen LogP contribution is 2.22. The molecule has 0 aromatic heterocycles. The SMILES string of the molecule is COc1ccc(CN(C)c2cccc(F)c2)cc1C(=N)N. The van der Waals surface area contributed by atoms with Gasteiger partial charge in [0.15, 0.2) is 0 Å². The first kappa shape index (κ1) is 14.8. The van der Waals surface area contributed by atoms with Crippen LogP contribution in [0, 0.1) is 11.2 Å². The Labute approximate surface area is 123 Å². The molecular formula is C16H18FN3O. The van der Waals surface area contributed by atoms with Crippen LogP contribution in [-0.2, 0) is 6.54 Å². The molecule has 0 bridgehead atoms. The van der Waals surface area contributed by atoms with Crippen molar-refractivity contribution in [1.29, 1.82) is 5.41 Å². The topological polar surface area (TPSA) is 62.3 Å². The quantitative estimate of drug-likeness (QED) is 0.656. The maximum atomic E-state index is 13.2. The summed E-state index contributed by atoms with van der Waals surface area (Å²) >= 11 is 0. The summed E-state index contributed by atoms with van der Waals surface area (Å²) in [5, 5.41) is 7.59. The van der Waals surface area contributed by atoms with Gasteiger partial charge < -0.3 is 15.4 Å². The van der Waals surface area contributed by atoms with E-state index in [4.69, 9.17) is 15.9 Å². The Hall–Kier alpha value is -2.56. The number of methoxy groups -OCH3 is 1. The summed E-state index contributed by atoms with van der Waals surface area (Å²) in [7, 11) is 3.42. The van der Waals surface area contributed by atoms with Crippen molar-refractivity contribution in [3.63, 3.8) is 0 Å². The molecule has 3 N–H and O–H groups in total. The van der Waals surface area contributed by atoms with E-state index in [9.17, 15) is 4.39 Å². The number of rotatable bonds is 5. The van der Waals surface area contributed by atoms with Gasteiger partial charge in [0.25, 0.3) is 0 Å². The van der Waals surface area contributed by atoms with E-state index in [1.165, 1.54) is 12.1 Å². The van der Waals surface area contributed by atoms with Crippen LogP contribution >= 0.6 is 0 Å². The van der Waals surface area contributed by atoms with Crippen LogP contribution < -0.4 is 15.4 Å². The smallest absolute Gasteiger partial charge is 0.129 e. The molecule has 0 saturated carbocycles. The third-order valence-corrected chi connectivity index (χ3v) is 3.22. The average Bonchev–Trinajstić information content (AvgIpc) is 2.47. The summed E-state index contributed by atoms with van der Waals surface area (Å²) in [5.41, 5.74) is 7.87. The molecule has 2 aromatic rings. The van der Waals surface area contributed by atoms with Gasteiger partial charge in [-0.05, 0) is 35.9 Å². The van der Waals surface area contributed by atoms with Gasteiger partial charge in [0.1, 0.15) is 17.4 Å². The van der Waals surface area contributed by atoms with Gasteiger partial charge in [-0.3, -0.25) is 5.41 Å². The summed E-state index contributed by atoms with van der Waals surface area (Å²) in [5.74, 6) is 0.264. The van der Waals surface area contributed by atoms with E-state index < -0.39 is 0 Å². The largest absolute Gasteiger partial charge is 0.496 e. The van der Waals surface area contributed by atoms with Gasteiger partial charge in [-0.15, -0.1) is 0 Å². The van der Waals surface area contributed by atoms with E-state index in [-0.39, 0.29) is 11.7 Å². The van der Waals surface area contributed by atoms with Crippen molar-refractivity contribution in [2.45, 2.75) is 6.54 Å². The van der Waals surface area contributed by atoms with Gasteiger partial charge in [0, 0.05) is 19.3 Å². The second kappa shape index (κ2) is 6.26. The fourth-order valence-corrected chi connectivity index (χ4v) is 2.14. The minimum absolute atomic E-state index is 0.0397. The highest BCUT2D eigenvalue weighted by molar-refractivity contribution is 5.97. The van der Waals surface area contributed by atoms with Crippen LogP contribution in [0.25, 0.3) is 0 Å². The molecule has 5 heteroatoms. The molecule has 0 fully saturated rings. The maximum Gasteiger partial charge on any atom is 0.129 e. The fourth-order valence-electron chi connectivity index (χ4n) is 2.14. The lowest BCUT2D eigenvalue weighted by Crippen LogP contribution is -2.18. The zero-order chi connectivity index (χ0) is 15.4. The predicted octanol–water partition coefficient (Wildman–Crippen LogP) is 2.75. The minimum atomic E-state index is -0.265.